The molecule has 0 amide bonds. The van der Waals surface area contributed by atoms with Crippen molar-refractivity contribution >= 4 is 29.3 Å². The lowest BCUT2D eigenvalue weighted by molar-refractivity contribution is 0.516. The summed E-state index contributed by atoms with van der Waals surface area (Å²) >= 11 is 1.89. The number of nitrogens with two attached hydrogens (primary N) is 1. The standard InChI is InChI=1S/C16H20FN5S/c17-11-6-8-12(9-7-11)19-16-21-14(20-15(18)22-16)10-23-13-4-2-1-3-5-13/h6-9,13H,1-5,10H2,(H3,18,19,20,21,22). The van der Waals surface area contributed by atoms with E-state index in [1.54, 1.807) is 12.1 Å². The lowest BCUT2D eigenvalue weighted by Gasteiger charge is -2.20. The maximum Gasteiger partial charge on any atom is 0.232 e. The van der Waals surface area contributed by atoms with Crippen molar-refractivity contribution in [1.82, 2.24) is 15.0 Å². The number of halogens is 1. The van der Waals surface area contributed by atoms with Gasteiger partial charge in [-0.05, 0) is 37.1 Å². The molecule has 0 radical (unpaired) electrons. The molecule has 1 aliphatic rings. The van der Waals surface area contributed by atoms with Gasteiger partial charge in [0.25, 0.3) is 0 Å². The van der Waals surface area contributed by atoms with Gasteiger partial charge < -0.3 is 11.1 Å². The highest BCUT2D eigenvalue weighted by molar-refractivity contribution is 7.99. The zero-order valence-electron chi connectivity index (χ0n) is 12.8. The summed E-state index contributed by atoms with van der Waals surface area (Å²) < 4.78 is 12.9. The van der Waals surface area contributed by atoms with Gasteiger partial charge in [-0.2, -0.15) is 26.7 Å². The van der Waals surface area contributed by atoms with Gasteiger partial charge in [-0.3, -0.25) is 0 Å². The number of thioether (sulfide) groups is 1. The second kappa shape index (κ2) is 7.59. The van der Waals surface area contributed by atoms with E-state index in [0.29, 0.717) is 22.7 Å². The zero-order chi connectivity index (χ0) is 16.1. The Balaban J connectivity index is 1.64. The van der Waals surface area contributed by atoms with E-state index in [9.17, 15) is 4.39 Å². The maximum atomic E-state index is 12.9. The minimum atomic E-state index is -0.282. The van der Waals surface area contributed by atoms with Crippen LogP contribution in [0.1, 0.15) is 37.9 Å². The molecule has 5 nitrogen and oxygen atoms in total. The number of nitrogens with one attached hydrogen (secondary N) is 1. The third kappa shape index (κ3) is 4.79. The molecular formula is C16H20FN5S. The van der Waals surface area contributed by atoms with Crippen LogP contribution >= 0.6 is 11.8 Å². The Labute approximate surface area is 139 Å². The molecule has 0 unspecified atom stereocenters. The molecule has 122 valence electrons. The summed E-state index contributed by atoms with van der Waals surface area (Å²) in [6.45, 7) is 0. The third-order valence-electron chi connectivity index (χ3n) is 3.80. The number of hydrogen-bond acceptors (Lipinski definition) is 6. The van der Waals surface area contributed by atoms with Crippen LogP contribution in [0.2, 0.25) is 0 Å². The minimum Gasteiger partial charge on any atom is -0.368 e. The van der Waals surface area contributed by atoms with Crippen molar-refractivity contribution in [3.8, 4) is 0 Å². The van der Waals surface area contributed by atoms with Gasteiger partial charge in [-0.25, -0.2) is 4.39 Å². The summed E-state index contributed by atoms with van der Waals surface area (Å²) in [5.41, 5.74) is 6.49. The predicted molar refractivity (Wildman–Crippen MR) is 92.1 cm³/mol. The van der Waals surface area contributed by atoms with Crippen LogP contribution < -0.4 is 11.1 Å². The molecule has 1 fully saturated rings. The molecule has 2 aromatic rings. The molecule has 3 rings (SSSR count). The summed E-state index contributed by atoms with van der Waals surface area (Å²) in [4.78, 5) is 12.7. The van der Waals surface area contributed by atoms with Crippen LogP contribution in [-0.2, 0) is 5.75 Å². The fourth-order valence-electron chi connectivity index (χ4n) is 2.64. The Morgan fingerprint density at radius 2 is 1.83 bits per heavy atom. The Morgan fingerprint density at radius 3 is 2.57 bits per heavy atom. The van der Waals surface area contributed by atoms with Gasteiger partial charge in [-0.15, -0.1) is 0 Å². The second-order valence-electron chi connectivity index (χ2n) is 5.64. The summed E-state index contributed by atoms with van der Waals surface area (Å²) in [7, 11) is 0. The van der Waals surface area contributed by atoms with Gasteiger partial charge in [0.05, 0.1) is 5.75 Å². The molecule has 3 N–H and O–H groups in total. The highest BCUT2D eigenvalue weighted by Crippen LogP contribution is 2.30. The first kappa shape index (κ1) is 16.0. The highest BCUT2D eigenvalue weighted by Gasteiger charge is 2.15. The van der Waals surface area contributed by atoms with Crippen molar-refractivity contribution in [2.75, 3.05) is 11.1 Å². The molecule has 0 bridgehead atoms. The molecule has 1 heterocycles. The normalized spacial score (nSPS) is 15.5. The van der Waals surface area contributed by atoms with E-state index in [4.69, 9.17) is 5.73 Å². The first-order valence-electron chi connectivity index (χ1n) is 7.84. The molecular weight excluding hydrogens is 313 g/mol. The van der Waals surface area contributed by atoms with E-state index in [-0.39, 0.29) is 11.8 Å². The number of rotatable bonds is 5. The summed E-state index contributed by atoms with van der Waals surface area (Å²) in [6, 6.07) is 6.02. The molecule has 7 heteroatoms. The fourth-order valence-corrected chi connectivity index (χ4v) is 3.83. The predicted octanol–water partition coefficient (Wildman–Crippen LogP) is 3.90. The highest BCUT2D eigenvalue weighted by atomic mass is 32.2. The van der Waals surface area contributed by atoms with E-state index in [0.717, 1.165) is 5.75 Å². The van der Waals surface area contributed by atoms with Gasteiger partial charge in [0, 0.05) is 10.9 Å². The van der Waals surface area contributed by atoms with Crippen LogP contribution in [0.4, 0.5) is 22.0 Å². The van der Waals surface area contributed by atoms with E-state index >= 15 is 0 Å². The van der Waals surface area contributed by atoms with Crippen LogP contribution in [0.15, 0.2) is 24.3 Å². The van der Waals surface area contributed by atoms with E-state index in [1.165, 1.54) is 44.2 Å². The minimum absolute atomic E-state index is 0.198. The smallest absolute Gasteiger partial charge is 0.232 e. The van der Waals surface area contributed by atoms with Crippen molar-refractivity contribution in [3.63, 3.8) is 0 Å². The molecule has 0 atom stereocenters. The molecule has 0 spiro atoms. The van der Waals surface area contributed by atoms with Crippen molar-refractivity contribution in [2.45, 2.75) is 43.1 Å². The molecule has 0 saturated heterocycles. The summed E-state index contributed by atoms with van der Waals surface area (Å²) in [5.74, 6) is 1.72. The first-order valence-corrected chi connectivity index (χ1v) is 8.88. The topological polar surface area (TPSA) is 76.7 Å². The van der Waals surface area contributed by atoms with Gasteiger partial charge in [0.15, 0.2) is 0 Å². The molecule has 0 aliphatic heterocycles. The number of benzene rings is 1. The van der Waals surface area contributed by atoms with Crippen LogP contribution in [0.3, 0.4) is 0 Å². The van der Waals surface area contributed by atoms with Gasteiger partial charge in [0.2, 0.25) is 11.9 Å². The Bertz CT molecular complexity index is 643. The quantitative estimate of drug-likeness (QED) is 0.864. The number of hydrogen-bond donors (Lipinski definition) is 2. The molecule has 1 aromatic carbocycles. The average Bonchev–Trinajstić information content (AvgIpc) is 2.56. The summed E-state index contributed by atoms with van der Waals surface area (Å²) in [5, 5.41) is 3.72. The van der Waals surface area contributed by atoms with Gasteiger partial charge >= 0.3 is 0 Å². The summed E-state index contributed by atoms with van der Waals surface area (Å²) in [6.07, 6.45) is 6.52. The molecule has 1 aliphatic carbocycles. The largest absolute Gasteiger partial charge is 0.368 e. The third-order valence-corrected chi connectivity index (χ3v) is 5.17. The lowest BCUT2D eigenvalue weighted by atomic mass is 10.0. The van der Waals surface area contributed by atoms with Crippen LogP contribution in [0, 0.1) is 5.82 Å². The SMILES string of the molecule is Nc1nc(CSC2CCCCC2)nc(Nc2ccc(F)cc2)n1. The van der Waals surface area contributed by atoms with Crippen LogP contribution in [0.25, 0.3) is 0 Å². The maximum absolute atomic E-state index is 12.9. The van der Waals surface area contributed by atoms with Gasteiger partial charge in [0.1, 0.15) is 11.6 Å². The Kier molecular flexibility index (Phi) is 5.27. The van der Waals surface area contributed by atoms with Crippen LogP contribution in [0.5, 0.6) is 0 Å². The number of nitrogen functional groups attached to an aromatic ring is 1. The molecule has 23 heavy (non-hydrogen) atoms. The molecule has 1 saturated carbocycles. The average molecular weight is 333 g/mol. The Morgan fingerprint density at radius 1 is 1.09 bits per heavy atom. The number of anilines is 3. The van der Waals surface area contributed by atoms with Crippen LogP contribution in [-0.4, -0.2) is 20.2 Å². The van der Waals surface area contributed by atoms with Gasteiger partial charge in [-0.1, -0.05) is 19.3 Å². The van der Waals surface area contributed by atoms with Crippen molar-refractivity contribution in [2.24, 2.45) is 0 Å². The second-order valence-corrected chi connectivity index (χ2v) is 6.93. The fraction of sp³-hybridized carbons (Fsp3) is 0.438. The van der Waals surface area contributed by atoms with Crippen molar-refractivity contribution < 1.29 is 4.39 Å². The number of aromatic nitrogens is 3. The monoisotopic (exact) mass is 333 g/mol. The molecule has 1 aromatic heterocycles. The van der Waals surface area contributed by atoms with E-state index < -0.39 is 0 Å². The van der Waals surface area contributed by atoms with Crippen molar-refractivity contribution in [3.05, 3.63) is 35.9 Å². The zero-order valence-corrected chi connectivity index (χ0v) is 13.7. The van der Waals surface area contributed by atoms with Crippen molar-refractivity contribution in [1.29, 1.82) is 0 Å². The first-order chi connectivity index (χ1) is 11.2. The Hall–Kier alpha value is -1.89. The van der Waals surface area contributed by atoms with E-state index in [2.05, 4.69) is 20.3 Å². The lowest BCUT2D eigenvalue weighted by Crippen LogP contribution is -2.10. The number of nitrogens with zero attached hydrogens (tertiary/aromatic N) is 3. The van der Waals surface area contributed by atoms with E-state index in [1.807, 2.05) is 11.8 Å².